The van der Waals surface area contributed by atoms with E-state index in [-0.39, 0.29) is 18.4 Å². The standard InChI is InChI=1S/C21H33N5O2/c1-4-16(5-2)13-24-21(22-6-3)25-14-17-7-9-18(10-8-17)20(28)26-12-11-23-19(27)15-26/h7-10,16H,4-6,11-15H2,1-3H3,(H,23,27)(H2,22,24,25). The van der Waals surface area contributed by atoms with Gasteiger partial charge >= 0.3 is 0 Å². The molecule has 3 N–H and O–H groups in total. The summed E-state index contributed by atoms with van der Waals surface area (Å²) < 4.78 is 0. The highest BCUT2D eigenvalue weighted by atomic mass is 16.2. The molecule has 2 amide bonds. The minimum atomic E-state index is -0.109. The number of nitrogens with zero attached hydrogens (tertiary/aromatic N) is 2. The van der Waals surface area contributed by atoms with Gasteiger partial charge in [0.05, 0.1) is 13.1 Å². The molecule has 7 heteroatoms. The zero-order chi connectivity index (χ0) is 20.4. The Morgan fingerprint density at radius 2 is 1.89 bits per heavy atom. The van der Waals surface area contributed by atoms with Crippen molar-refractivity contribution in [3.05, 3.63) is 35.4 Å². The molecule has 0 radical (unpaired) electrons. The molecule has 1 saturated heterocycles. The second kappa shape index (κ2) is 11.3. The Balaban J connectivity index is 1.94. The molecule has 0 bridgehead atoms. The third-order valence-electron chi connectivity index (χ3n) is 5.00. The van der Waals surface area contributed by atoms with E-state index in [9.17, 15) is 9.59 Å². The number of nitrogens with one attached hydrogen (secondary N) is 3. The van der Waals surface area contributed by atoms with Crippen LogP contribution in [0.15, 0.2) is 29.3 Å². The number of amides is 2. The lowest BCUT2D eigenvalue weighted by Gasteiger charge is -2.26. The van der Waals surface area contributed by atoms with Crippen molar-refractivity contribution >= 4 is 17.8 Å². The van der Waals surface area contributed by atoms with Gasteiger partial charge in [-0.1, -0.05) is 38.8 Å². The van der Waals surface area contributed by atoms with E-state index in [1.807, 2.05) is 24.3 Å². The molecule has 28 heavy (non-hydrogen) atoms. The molecule has 1 heterocycles. The summed E-state index contributed by atoms with van der Waals surface area (Å²) in [6.07, 6.45) is 2.30. The predicted molar refractivity (Wildman–Crippen MR) is 112 cm³/mol. The van der Waals surface area contributed by atoms with Gasteiger partial charge in [0.2, 0.25) is 5.91 Å². The molecule has 0 atom stereocenters. The van der Waals surface area contributed by atoms with Crippen molar-refractivity contribution in [3.8, 4) is 0 Å². The van der Waals surface area contributed by atoms with Gasteiger partial charge in [-0.25, -0.2) is 4.99 Å². The minimum absolute atomic E-state index is 0.106. The third kappa shape index (κ3) is 6.55. The third-order valence-corrected chi connectivity index (χ3v) is 5.00. The molecule has 1 aromatic carbocycles. The lowest BCUT2D eigenvalue weighted by Crippen LogP contribution is -2.49. The normalized spacial score (nSPS) is 14.8. The van der Waals surface area contributed by atoms with E-state index in [0.717, 1.165) is 37.5 Å². The summed E-state index contributed by atoms with van der Waals surface area (Å²) in [6, 6.07) is 7.46. The second-order valence-corrected chi connectivity index (χ2v) is 7.03. The van der Waals surface area contributed by atoms with E-state index in [2.05, 4.69) is 41.7 Å². The van der Waals surface area contributed by atoms with Crippen LogP contribution in [0.25, 0.3) is 0 Å². The van der Waals surface area contributed by atoms with Crippen molar-refractivity contribution in [2.75, 3.05) is 32.7 Å². The van der Waals surface area contributed by atoms with Crippen molar-refractivity contribution in [1.29, 1.82) is 0 Å². The fourth-order valence-electron chi connectivity index (χ4n) is 3.08. The largest absolute Gasteiger partial charge is 0.357 e. The summed E-state index contributed by atoms with van der Waals surface area (Å²) in [5.74, 6) is 1.24. The van der Waals surface area contributed by atoms with E-state index in [4.69, 9.17) is 0 Å². The van der Waals surface area contributed by atoms with Crippen molar-refractivity contribution < 1.29 is 9.59 Å². The number of piperazine rings is 1. The minimum Gasteiger partial charge on any atom is -0.357 e. The second-order valence-electron chi connectivity index (χ2n) is 7.03. The molecule has 1 fully saturated rings. The highest BCUT2D eigenvalue weighted by Crippen LogP contribution is 2.10. The summed E-state index contributed by atoms with van der Waals surface area (Å²) in [7, 11) is 0. The van der Waals surface area contributed by atoms with Gasteiger partial charge in [0.1, 0.15) is 0 Å². The molecule has 1 aliphatic rings. The first-order valence-electron chi connectivity index (χ1n) is 10.2. The van der Waals surface area contributed by atoms with E-state index >= 15 is 0 Å². The number of carbonyl (C=O) groups is 2. The topological polar surface area (TPSA) is 85.8 Å². The molecule has 0 aromatic heterocycles. The molecule has 0 spiro atoms. The van der Waals surface area contributed by atoms with Crippen LogP contribution in [0.5, 0.6) is 0 Å². The maximum atomic E-state index is 12.5. The van der Waals surface area contributed by atoms with Crippen LogP contribution in [0.3, 0.4) is 0 Å². The van der Waals surface area contributed by atoms with Crippen molar-refractivity contribution in [2.24, 2.45) is 10.9 Å². The molecule has 1 aromatic rings. The van der Waals surface area contributed by atoms with Crippen molar-refractivity contribution in [3.63, 3.8) is 0 Å². The monoisotopic (exact) mass is 387 g/mol. The number of benzene rings is 1. The van der Waals surface area contributed by atoms with Crippen LogP contribution in [-0.2, 0) is 11.3 Å². The first kappa shape index (κ1) is 21.7. The molecule has 0 saturated carbocycles. The Morgan fingerprint density at radius 1 is 1.18 bits per heavy atom. The van der Waals surface area contributed by atoms with E-state index < -0.39 is 0 Å². The highest BCUT2D eigenvalue weighted by Gasteiger charge is 2.22. The Labute approximate surface area is 168 Å². The fraction of sp³-hybridized carbons (Fsp3) is 0.571. The van der Waals surface area contributed by atoms with Crippen molar-refractivity contribution in [1.82, 2.24) is 20.9 Å². The van der Waals surface area contributed by atoms with E-state index in [0.29, 0.717) is 31.1 Å². The molecular formula is C21H33N5O2. The summed E-state index contributed by atoms with van der Waals surface area (Å²) in [6.45, 7) is 9.91. The number of guanidine groups is 1. The van der Waals surface area contributed by atoms with Gasteiger partial charge in [-0.3, -0.25) is 9.59 Å². The van der Waals surface area contributed by atoms with Crippen LogP contribution in [0.1, 0.15) is 49.5 Å². The van der Waals surface area contributed by atoms with E-state index in [1.54, 1.807) is 4.90 Å². The lowest BCUT2D eigenvalue weighted by molar-refractivity contribution is -0.123. The van der Waals surface area contributed by atoms with Crippen LogP contribution < -0.4 is 16.0 Å². The summed E-state index contributed by atoms with van der Waals surface area (Å²) in [5.41, 5.74) is 1.63. The van der Waals surface area contributed by atoms with E-state index in [1.165, 1.54) is 0 Å². The lowest BCUT2D eigenvalue weighted by atomic mass is 10.0. The summed E-state index contributed by atoms with van der Waals surface area (Å²) in [5, 5.41) is 9.41. The van der Waals surface area contributed by atoms with Gasteiger partial charge in [-0.2, -0.15) is 0 Å². The predicted octanol–water partition coefficient (Wildman–Crippen LogP) is 1.75. The fourth-order valence-corrected chi connectivity index (χ4v) is 3.08. The SMILES string of the molecule is CCNC(=NCc1ccc(C(=O)N2CCNC(=O)C2)cc1)NCC(CC)CC. The average molecular weight is 388 g/mol. The Hall–Kier alpha value is -2.57. The number of aliphatic imine (C=N–C) groups is 1. The van der Waals surface area contributed by atoms with Gasteiger partial charge in [0.25, 0.3) is 5.91 Å². The summed E-state index contributed by atoms with van der Waals surface area (Å²) in [4.78, 5) is 30.2. The van der Waals surface area contributed by atoms with Crippen LogP contribution in [0.4, 0.5) is 0 Å². The van der Waals surface area contributed by atoms with Gasteiger partial charge in [-0.05, 0) is 30.5 Å². The molecule has 2 rings (SSSR count). The van der Waals surface area contributed by atoms with Gasteiger partial charge in [0, 0.05) is 31.7 Å². The average Bonchev–Trinajstić information content (AvgIpc) is 2.72. The van der Waals surface area contributed by atoms with Crippen LogP contribution in [0.2, 0.25) is 0 Å². The molecule has 1 aliphatic heterocycles. The van der Waals surface area contributed by atoms with Gasteiger partial charge in [-0.15, -0.1) is 0 Å². The highest BCUT2D eigenvalue weighted by molar-refractivity contribution is 5.97. The number of hydrogen-bond acceptors (Lipinski definition) is 3. The Morgan fingerprint density at radius 3 is 2.50 bits per heavy atom. The number of hydrogen-bond donors (Lipinski definition) is 3. The number of rotatable bonds is 8. The molecular weight excluding hydrogens is 354 g/mol. The molecule has 154 valence electrons. The first-order chi connectivity index (χ1) is 13.6. The van der Waals surface area contributed by atoms with Gasteiger partial charge < -0.3 is 20.9 Å². The molecule has 0 aliphatic carbocycles. The Kier molecular flexibility index (Phi) is 8.78. The van der Waals surface area contributed by atoms with Gasteiger partial charge in [0.15, 0.2) is 5.96 Å². The molecule has 0 unspecified atom stereocenters. The van der Waals surface area contributed by atoms with Crippen LogP contribution >= 0.6 is 0 Å². The number of carbonyl (C=O) groups excluding carboxylic acids is 2. The van der Waals surface area contributed by atoms with Crippen molar-refractivity contribution in [2.45, 2.75) is 40.2 Å². The summed E-state index contributed by atoms with van der Waals surface area (Å²) >= 11 is 0. The zero-order valence-corrected chi connectivity index (χ0v) is 17.3. The van der Waals surface area contributed by atoms with Crippen LogP contribution in [0, 0.1) is 5.92 Å². The first-order valence-corrected chi connectivity index (χ1v) is 10.2. The molecule has 7 nitrogen and oxygen atoms in total. The maximum absolute atomic E-state index is 12.5. The zero-order valence-electron chi connectivity index (χ0n) is 17.3. The maximum Gasteiger partial charge on any atom is 0.254 e. The smallest absolute Gasteiger partial charge is 0.254 e. The Bertz CT molecular complexity index is 668. The van der Waals surface area contributed by atoms with Crippen LogP contribution in [-0.4, -0.2) is 55.4 Å². The quantitative estimate of drug-likeness (QED) is 0.469.